The lowest BCUT2D eigenvalue weighted by molar-refractivity contribution is -0.116. The first-order valence-corrected chi connectivity index (χ1v) is 7.21. The van der Waals surface area contributed by atoms with Crippen LogP contribution in [-0.2, 0) is 9.53 Å². The normalized spacial score (nSPS) is 11.5. The van der Waals surface area contributed by atoms with Crippen LogP contribution in [-0.4, -0.2) is 18.8 Å². The number of hydrogen-bond donors (Lipinski definition) is 1. The molecular weight excluding hydrogens is 286 g/mol. The summed E-state index contributed by atoms with van der Waals surface area (Å²) in [5, 5.41) is 4.60. The Balaban J connectivity index is 2.42. The van der Waals surface area contributed by atoms with Gasteiger partial charge in [0.2, 0.25) is 0 Å². The minimum Gasteiger partial charge on any atom is -0.491 e. The van der Waals surface area contributed by atoms with Gasteiger partial charge in [-0.3, -0.25) is 9.59 Å². The number of thiophene rings is 1. The van der Waals surface area contributed by atoms with Crippen LogP contribution in [0.1, 0.15) is 22.2 Å². The first kappa shape index (κ1) is 15.0. The summed E-state index contributed by atoms with van der Waals surface area (Å²) in [4.78, 5) is 24.5. The van der Waals surface area contributed by atoms with E-state index in [9.17, 15) is 9.59 Å². The smallest absolute Gasteiger partial charge is 0.265 e. The second kappa shape index (κ2) is 6.85. The fourth-order valence-corrected chi connectivity index (χ4v) is 2.49. The van der Waals surface area contributed by atoms with Crippen molar-refractivity contribution in [3.63, 3.8) is 0 Å². The molecule has 0 atom stereocenters. The number of benzene rings is 1. The van der Waals surface area contributed by atoms with Crippen molar-refractivity contribution in [1.82, 2.24) is 5.32 Å². The number of ketones is 1. The number of carbonyl (C=O) groups is 2. The van der Waals surface area contributed by atoms with E-state index < -0.39 is 0 Å². The van der Waals surface area contributed by atoms with Crippen molar-refractivity contribution in [2.24, 2.45) is 0 Å². The maximum atomic E-state index is 12.2. The zero-order valence-electron chi connectivity index (χ0n) is 11.8. The molecule has 1 amide bonds. The van der Waals surface area contributed by atoms with Gasteiger partial charge in [-0.25, -0.2) is 0 Å². The minimum atomic E-state index is -0.264. The molecule has 0 aliphatic carbocycles. The van der Waals surface area contributed by atoms with Gasteiger partial charge in [0, 0.05) is 12.5 Å². The number of ether oxygens (including phenoxy) is 1. The molecule has 2 rings (SSSR count). The molecule has 0 spiro atoms. The van der Waals surface area contributed by atoms with Gasteiger partial charge in [-0.1, -0.05) is 36.4 Å². The summed E-state index contributed by atoms with van der Waals surface area (Å²) in [6, 6.07) is 12.7. The molecule has 0 bridgehead atoms. The summed E-state index contributed by atoms with van der Waals surface area (Å²) in [6.07, 6.45) is 0. The topological polar surface area (TPSA) is 55.4 Å². The molecule has 0 saturated heterocycles. The lowest BCUT2D eigenvalue weighted by Crippen LogP contribution is -2.24. The van der Waals surface area contributed by atoms with E-state index in [0.717, 1.165) is 5.56 Å². The van der Waals surface area contributed by atoms with Crippen LogP contribution in [0.4, 0.5) is 0 Å². The second-order valence-corrected chi connectivity index (χ2v) is 5.21. The van der Waals surface area contributed by atoms with Gasteiger partial charge < -0.3 is 10.1 Å². The zero-order valence-corrected chi connectivity index (χ0v) is 12.6. The number of rotatable bonds is 5. The van der Waals surface area contributed by atoms with Gasteiger partial charge in [-0.05, 0) is 11.4 Å². The molecule has 21 heavy (non-hydrogen) atoms. The highest BCUT2D eigenvalue weighted by atomic mass is 32.1. The first-order valence-electron chi connectivity index (χ1n) is 6.33. The van der Waals surface area contributed by atoms with E-state index in [-0.39, 0.29) is 17.4 Å². The van der Waals surface area contributed by atoms with Crippen LogP contribution in [0.3, 0.4) is 0 Å². The number of methoxy groups -OCH3 is 1. The monoisotopic (exact) mass is 301 g/mol. The van der Waals surface area contributed by atoms with Crippen LogP contribution >= 0.6 is 11.3 Å². The van der Waals surface area contributed by atoms with Crippen LogP contribution in [0.25, 0.3) is 5.70 Å². The van der Waals surface area contributed by atoms with Gasteiger partial charge in [0.25, 0.3) is 5.91 Å². The summed E-state index contributed by atoms with van der Waals surface area (Å²) < 4.78 is 5.17. The Kier molecular flexibility index (Phi) is 4.90. The Bertz CT molecular complexity index is 660. The SMILES string of the molecule is CO/C(C(C)=O)=C(/NC(=O)c1cccs1)c1ccccc1. The Morgan fingerprint density at radius 3 is 2.33 bits per heavy atom. The third-order valence-electron chi connectivity index (χ3n) is 2.80. The van der Waals surface area contributed by atoms with Crippen LogP contribution in [0.15, 0.2) is 53.6 Å². The average Bonchev–Trinajstić information content (AvgIpc) is 3.01. The maximum absolute atomic E-state index is 12.2. The molecule has 2 aromatic rings. The number of Topliss-reactive ketones (excluding diaryl/α,β-unsaturated/α-hetero) is 1. The van der Waals surface area contributed by atoms with E-state index in [0.29, 0.717) is 10.6 Å². The van der Waals surface area contributed by atoms with Crippen molar-refractivity contribution in [3.05, 3.63) is 64.0 Å². The molecule has 1 aromatic heterocycles. The molecule has 108 valence electrons. The van der Waals surface area contributed by atoms with Crippen molar-refractivity contribution < 1.29 is 14.3 Å². The van der Waals surface area contributed by atoms with Gasteiger partial charge >= 0.3 is 0 Å². The largest absolute Gasteiger partial charge is 0.491 e. The molecule has 0 aliphatic heterocycles. The summed E-state index contributed by atoms with van der Waals surface area (Å²) in [6.45, 7) is 1.40. The highest BCUT2D eigenvalue weighted by Gasteiger charge is 2.18. The van der Waals surface area contributed by atoms with E-state index in [1.54, 1.807) is 12.1 Å². The lowest BCUT2D eigenvalue weighted by atomic mass is 10.1. The number of carbonyl (C=O) groups excluding carboxylic acids is 2. The molecule has 4 nitrogen and oxygen atoms in total. The molecule has 0 saturated carbocycles. The predicted molar refractivity (Wildman–Crippen MR) is 82.8 cm³/mol. The van der Waals surface area contributed by atoms with Crippen molar-refractivity contribution in [2.45, 2.75) is 6.92 Å². The van der Waals surface area contributed by atoms with Gasteiger partial charge in [0.1, 0.15) is 0 Å². The fourth-order valence-electron chi connectivity index (χ4n) is 1.87. The van der Waals surface area contributed by atoms with Crippen LogP contribution < -0.4 is 5.32 Å². The molecule has 5 heteroatoms. The van der Waals surface area contributed by atoms with Crippen LogP contribution in [0, 0.1) is 0 Å². The molecular formula is C16H15NO3S. The Hall–Kier alpha value is -2.40. The molecule has 1 aromatic carbocycles. The number of allylic oxidation sites excluding steroid dienone is 1. The third-order valence-corrected chi connectivity index (χ3v) is 3.67. The molecule has 1 heterocycles. The van der Waals surface area contributed by atoms with E-state index in [2.05, 4.69) is 5.32 Å². The van der Waals surface area contributed by atoms with E-state index in [4.69, 9.17) is 4.74 Å². The molecule has 0 fully saturated rings. The quantitative estimate of drug-likeness (QED) is 0.682. The van der Waals surface area contributed by atoms with Gasteiger partial charge in [0.05, 0.1) is 17.7 Å². The average molecular weight is 301 g/mol. The number of nitrogens with one attached hydrogen (secondary N) is 1. The highest BCUT2D eigenvalue weighted by molar-refractivity contribution is 7.12. The standard InChI is InChI=1S/C16H15NO3S/c1-11(18)15(20-2)14(12-7-4-3-5-8-12)17-16(19)13-9-6-10-21-13/h3-10H,1-2H3,(H,17,19)/b15-14+. The van der Waals surface area contributed by atoms with Crippen molar-refractivity contribution in [3.8, 4) is 0 Å². The molecule has 0 radical (unpaired) electrons. The number of hydrogen-bond acceptors (Lipinski definition) is 4. The van der Waals surface area contributed by atoms with Gasteiger partial charge in [0.15, 0.2) is 11.5 Å². The van der Waals surface area contributed by atoms with Crippen molar-refractivity contribution in [2.75, 3.05) is 7.11 Å². The van der Waals surface area contributed by atoms with Gasteiger partial charge in [-0.2, -0.15) is 0 Å². The predicted octanol–water partition coefficient (Wildman–Crippen LogP) is 3.08. The maximum Gasteiger partial charge on any atom is 0.265 e. The molecule has 0 unspecified atom stereocenters. The fraction of sp³-hybridized carbons (Fsp3) is 0.125. The van der Waals surface area contributed by atoms with Crippen LogP contribution in [0.2, 0.25) is 0 Å². The summed E-state index contributed by atoms with van der Waals surface area (Å²) in [5.41, 5.74) is 1.10. The summed E-state index contributed by atoms with van der Waals surface area (Å²) in [7, 11) is 1.41. The first-order chi connectivity index (χ1) is 10.1. The second-order valence-electron chi connectivity index (χ2n) is 4.26. The Morgan fingerprint density at radius 2 is 1.81 bits per heavy atom. The van der Waals surface area contributed by atoms with E-state index >= 15 is 0 Å². The van der Waals surface area contributed by atoms with Crippen LogP contribution in [0.5, 0.6) is 0 Å². The summed E-state index contributed by atoms with van der Waals surface area (Å²) >= 11 is 1.34. The Labute approximate surface area is 127 Å². The zero-order chi connectivity index (χ0) is 15.2. The number of amides is 1. The van der Waals surface area contributed by atoms with Gasteiger partial charge in [-0.15, -0.1) is 11.3 Å². The van der Waals surface area contributed by atoms with Crippen molar-refractivity contribution in [1.29, 1.82) is 0 Å². The lowest BCUT2D eigenvalue weighted by Gasteiger charge is -2.13. The minimum absolute atomic E-state index is 0.131. The molecule has 1 N–H and O–H groups in total. The van der Waals surface area contributed by atoms with Crippen molar-refractivity contribution >= 4 is 28.7 Å². The third kappa shape index (κ3) is 3.58. The highest BCUT2D eigenvalue weighted by Crippen LogP contribution is 2.19. The Morgan fingerprint density at radius 1 is 1.10 bits per heavy atom. The molecule has 0 aliphatic rings. The van der Waals surface area contributed by atoms with E-state index in [1.165, 1.54) is 25.4 Å². The summed E-state index contributed by atoms with van der Waals surface area (Å²) in [5.74, 6) is -0.381. The van der Waals surface area contributed by atoms with E-state index in [1.807, 2.05) is 35.7 Å².